The average molecular weight is 292 g/mol. The maximum atomic E-state index is 8.30. The second kappa shape index (κ2) is 6.44. The van der Waals surface area contributed by atoms with E-state index in [0.717, 1.165) is 5.39 Å². The molecule has 0 fully saturated rings. The van der Waals surface area contributed by atoms with Crippen molar-refractivity contribution >= 4 is 11.0 Å². The minimum atomic E-state index is -0.973. The first kappa shape index (κ1) is 11.0. The van der Waals surface area contributed by atoms with Crippen LogP contribution in [-0.4, -0.2) is 4.98 Å². The number of aromatic nitrogens is 1. The Morgan fingerprint density at radius 1 is 1.05 bits per heavy atom. The van der Waals surface area contributed by atoms with E-state index in [1.54, 1.807) is 26.2 Å². The maximum Gasteiger partial charge on any atom is 0.133 e. The molecular weight excluding hydrogens is 270 g/mol. The summed E-state index contributed by atoms with van der Waals surface area (Å²) >= 11 is 0. The van der Waals surface area contributed by atoms with Gasteiger partial charge in [-0.1, -0.05) is 56.3 Å². The van der Waals surface area contributed by atoms with E-state index >= 15 is 0 Å². The van der Waals surface area contributed by atoms with Gasteiger partial charge in [-0.15, -0.1) is 0 Å². The molecule has 0 saturated carbocycles. The second-order valence-corrected chi connectivity index (χ2v) is 5.22. The smallest absolute Gasteiger partial charge is 0.133 e. The van der Waals surface area contributed by atoms with Crippen molar-refractivity contribution in [3.63, 3.8) is 0 Å². The molecule has 0 unspecified atom stereocenters. The number of para-hydroxylation sites is 1. The van der Waals surface area contributed by atoms with Gasteiger partial charge in [0, 0.05) is 18.5 Å². The third-order valence-electron chi connectivity index (χ3n) is 3.34. The first-order chi connectivity index (χ1) is 11.9. The van der Waals surface area contributed by atoms with Gasteiger partial charge in [0.25, 0.3) is 0 Å². The highest BCUT2D eigenvalue weighted by atomic mass is 16.3. The molecule has 0 bridgehead atoms. The van der Waals surface area contributed by atoms with Crippen molar-refractivity contribution in [1.29, 1.82) is 0 Å². The zero-order chi connectivity index (χ0) is 18.0. The minimum Gasteiger partial charge on any atom is -0.464 e. The standard InChI is InChI=1S/C20H19NO/c1-15(2)17-11-12-19(21-13-17)18-9-4-3-7-16-8-5-6-10-20(16)22-14-18/h3-15H,1-2H3/i11D,12D,15D. The van der Waals surface area contributed by atoms with Crippen molar-refractivity contribution in [1.82, 2.24) is 4.98 Å². The molecule has 0 atom stereocenters. The molecule has 22 heavy (non-hydrogen) atoms. The average Bonchev–Trinajstić information content (AvgIpc) is 2.66. The number of rotatable bonds is 2. The van der Waals surface area contributed by atoms with Crippen molar-refractivity contribution in [3.8, 4) is 11.3 Å². The van der Waals surface area contributed by atoms with Crippen LogP contribution in [0.3, 0.4) is 0 Å². The fourth-order valence-electron chi connectivity index (χ4n) is 2.07. The lowest BCUT2D eigenvalue weighted by molar-refractivity contribution is 0.608. The van der Waals surface area contributed by atoms with Crippen LogP contribution in [0.25, 0.3) is 22.2 Å². The number of hydrogen-bond acceptors (Lipinski definition) is 2. The fourth-order valence-corrected chi connectivity index (χ4v) is 2.07. The molecule has 0 radical (unpaired) electrons. The Hall–Kier alpha value is -2.61. The first-order valence-electron chi connectivity index (χ1n) is 8.65. The Bertz CT molecular complexity index is 972. The molecule has 0 aliphatic heterocycles. The molecule has 2 heterocycles. The molecule has 0 N–H and O–H groups in total. The summed E-state index contributed by atoms with van der Waals surface area (Å²) in [6.45, 7) is 3.37. The summed E-state index contributed by atoms with van der Waals surface area (Å²) < 4.78 is 30.4. The molecule has 3 aromatic rings. The van der Waals surface area contributed by atoms with Gasteiger partial charge < -0.3 is 4.42 Å². The number of benzene rings is 1. The predicted octanol–water partition coefficient (Wildman–Crippen LogP) is 5.74. The molecule has 2 nitrogen and oxygen atoms in total. The number of nitrogens with zero attached hydrogens (tertiary/aromatic N) is 1. The highest BCUT2D eigenvalue weighted by molar-refractivity contribution is 5.75. The Morgan fingerprint density at radius 2 is 1.77 bits per heavy atom. The van der Waals surface area contributed by atoms with Crippen LogP contribution in [0.1, 0.15) is 29.4 Å². The zero-order valence-electron chi connectivity index (χ0n) is 15.6. The fraction of sp³-hybridized carbons (Fsp3) is 0.150. The number of fused-ring (bicyclic) bond motifs is 1. The summed E-state index contributed by atoms with van der Waals surface area (Å²) in [6, 6.07) is 15.2. The normalized spacial score (nSPS) is 13.1. The molecule has 0 aliphatic carbocycles. The molecule has 3 rings (SSSR count). The van der Waals surface area contributed by atoms with Crippen LogP contribution in [0.2, 0.25) is 0 Å². The minimum absolute atomic E-state index is 0.00571. The molecule has 110 valence electrons. The van der Waals surface area contributed by atoms with Crippen LogP contribution in [-0.2, 0) is 0 Å². The van der Waals surface area contributed by atoms with Gasteiger partial charge in [0.15, 0.2) is 0 Å². The van der Waals surface area contributed by atoms with Crippen molar-refractivity contribution in [2.45, 2.75) is 19.7 Å². The second-order valence-electron chi connectivity index (χ2n) is 5.22. The molecule has 0 aliphatic rings. The van der Waals surface area contributed by atoms with E-state index in [1.807, 2.05) is 42.5 Å². The SMILES string of the molecule is [2H]c1c(C([2H])(C)C)cnc(-c2ccccc3ccccc3oc2)c1[2H]. The summed E-state index contributed by atoms with van der Waals surface area (Å²) in [5, 5.41) is 0.955. The zero-order valence-corrected chi connectivity index (χ0v) is 12.6. The first-order valence-corrected chi connectivity index (χ1v) is 7.15. The molecule has 0 saturated heterocycles. The van der Waals surface area contributed by atoms with Crippen LogP contribution in [0.4, 0.5) is 0 Å². The largest absolute Gasteiger partial charge is 0.464 e. The summed E-state index contributed by atoms with van der Waals surface area (Å²) in [5.74, 6) is -0.973. The van der Waals surface area contributed by atoms with E-state index in [-0.39, 0.29) is 12.1 Å². The summed E-state index contributed by atoms with van der Waals surface area (Å²) in [7, 11) is 0. The van der Waals surface area contributed by atoms with Crippen LogP contribution in [0, 0.1) is 0 Å². The van der Waals surface area contributed by atoms with Gasteiger partial charge >= 0.3 is 0 Å². The van der Waals surface area contributed by atoms with E-state index in [4.69, 9.17) is 8.53 Å². The topological polar surface area (TPSA) is 26.0 Å². The predicted molar refractivity (Wildman–Crippen MR) is 91.2 cm³/mol. The van der Waals surface area contributed by atoms with Crippen LogP contribution < -0.4 is 0 Å². The maximum absolute atomic E-state index is 8.30. The van der Waals surface area contributed by atoms with Crippen LogP contribution in [0.15, 0.2) is 77.5 Å². The van der Waals surface area contributed by atoms with Gasteiger partial charge in [0.1, 0.15) is 11.8 Å². The molecule has 0 amide bonds. The van der Waals surface area contributed by atoms with Gasteiger partial charge in [-0.2, -0.15) is 0 Å². The van der Waals surface area contributed by atoms with Crippen molar-refractivity contribution in [2.75, 3.05) is 0 Å². The lowest BCUT2D eigenvalue weighted by atomic mass is 10.0. The summed E-state index contributed by atoms with van der Waals surface area (Å²) in [5.41, 5.74) is 2.11. The number of hydrogen-bond donors (Lipinski definition) is 0. The Balaban J connectivity index is 2.21. The van der Waals surface area contributed by atoms with Crippen molar-refractivity contribution < 1.29 is 8.53 Å². The van der Waals surface area contributed by atoms with E-state index < -0.39 is 5.89 Å². The highest BCUT2D eigenvalue weighted by Crippen LogP contribution is 2.20. The Morgan fingerprint density at radius 3 is 2.55 bits per heavy atom. The van der Waals surface area contributed by atoms with Crippen LogP contribution in [0.5, 0.6) is 0 Å². The molecule has 2 aromatic heterocycles. The highest BCUT2D eigenvalue weighted by Gasteiger charge is 2.02. The summed E-state index contributed by atoms with van der Waals surface area (Å²) in [6.07, 6.45) is 3.06. The van der Waals surface area contributed by atoms with E-state index in [0.29, 0.717) is 22.4 Å². The summed E-state index contributed by atoms with van der Waals surface area (Å²) in [4.78, 5) is 4.34. The third-order valence-corrected chi connectivity index (χ3v) is 3.34. The molecular formula is C20H19NO. The van der Waals surface area contributed by atoms with Gasteiger partial charge in [0.2, 0.25) is 0 Å². The van der Waals surface area contributed by atoms with E-state index in [1.165, 1.54) is 6.20 Å². The van der Waals surface area contributed by atoms with Crippen molar-refractivity contribution in [3.05, 3.63) is 78.6 Å². The van der Waals surface area contributed by atoms with Gasteiger partial charge in [-0.3, -0.25) is 4.98 Å². The van der Waals surface area contributed by atoms with E-state index in [9.17, 15) is 0 Å². The monoisotopic (exact) mass is 292 g/mol. The Kier molecular flexibility index (Phi) is 3.23. The van der Waals surface area contributed by atoms with Crippen LogP contribution >= 0.6 is 0 Å². The lowest BCUT2D eigenvalue weighted by Crippen LogP contribution is -1.89. The molecule has 0 spiro atoms. The van der Waals surface area contributed by atoms with Gasteiger partial charge in [-0.05, 0) is 29.6 Å². The van der Waals surface area contributed by atoms with Gasteiger partial charge in [-0.25, -0.2) is 0 Å². The van der Waals surface area contributed by atoms with Gasteiger partial charge in [0.05, 0.1) is 8.44 Å². The third kappa shape index (κ3) is 3.17. The number of pyridine rings is 1. The lowest BCUT2D eigenvalue weighted by Gasteiger charge is -2.05. The molecule has 2 heteroatoms. The van der Waals surface area contributed by atoms with E-state index in [2.05, 4.69) is 4.98 Å². The van der Waals surface area contributed by atoms with Crippen molar-refractivity contribution in [2.24, 2.45) is 0 Å². The molecule has 1 aromatic carbocycles. The quantitative estimate of drug-likeness (QED) is 0.601. The Labute approximate surface area is 135 Å².